The molecule has 2 aromatic carbocycles. The fourth-order valence-corrected chi connectivity index (χ4v) is 3.91. The third kappa shape index (κ3) is 2.45. The molecule has 2 aromatic rings. The topological polar surface area (TPSA) is 62.4 Å². The summed E-state index contributed by atoms with van der Waals surface area (Å²) in [5.41, 5.74) is 8.45. The van der Waals surface area contributed by atoms with Gasteiger partial charge in [0, 0.05) is 10.9 Å². The summed E-state index contributed by atoms with van der Waals surface area (Å²) in [6.07, 6.45) is 0. The van der Waals surface area contributed by atoms with Crippen molar-refractivity contribution in [2.45, 2.75) is 18.1 Å². The van der Waals surface area contributed by atoms with Crippen LogP contribution in [0.4, 0.5) is 0 Å². The van der Waals surface area contributed by atoms with Gasteiger partial charge >= 0.3 is 0 Å². The van der Waals surface area contributed by atoms with Crippen molar-refractivity contribution in [1.29, 1.82) is 0 Å². The number of hydrogen-bond acceptors (Lipinski definition) is 4. The Balaban J connectivity index is 1.70. The second kappa shape index (κ2) is 6.09. The number of hydrogen-bond donors (Lipinski definition) is 3. The van der Waals surface area contributed by atoms with E-state index in [1.807, 2.05) is 48.5 Å². The molecular formula is C18H18ClN3O2. The molecule has 0 radical (unpaired) electrons. The Morgan fingerprint density at radius 1 is 0.958 bits per heavy atom. The molecule has 4 atom stereocenters. The molecule has 2 saturated heterocycles. The number of nitrogens with one attached hydrogen (secondary N) is 3. The first-order valence-electron chi connectivity index (χ1n) is 7.89. The van der Waals surface area contributed by atoms with Crippen LogP contribution in [0.3, 0.4) is 0 Å². The summed E-state index contributed by atoms with van der Waals surface area (Å²) in [6, 6.07) is 15.2. The Morgan fingerprint density at radius 2 is 1.67 bits per heavy atom. The third-order valence-corrected chi connectivity index (χ3v) is 5.19. The minimum atomic E-state index is -0.279. The highest BCUT2D eigenvalue weighted by Gasteiger charge is 2.51. The van der Waals surface area contributed by atoms with Crippen molar-refractivity contribution in [3.05, 3.63) is 64.7 Å². The first kappa shape index (κ1) is 15.4. The highest BCUT2D eigenvalue weighted by molar-refractivity contribution is 6.31. The second-order valence-electron chi connectivity index (χ2n) is 6.10. The summed E-state index contributed by atoms with van der Waals surface area (Å²) in [5, 5.41) is 3.75. The molecule has 0 aliphatic carbocycles. The normalized spacial score (nSPS) is 28.5. The predicted octanol–water partition coefficient (Wildman–Crippen LogP) is 2.35. The minimum Gasteiger partial charge on any atom is -0.497 e. The summed E-state index contributed by atoms with van der Waals surface area (Å²) in [7, 11) is 1.65. The number of benzene rings is 2. The van der Waals surface area contributed by atoms with Crippen LogP contribution >= 0.6 is 11.6 Å². The lowest BCUT2D eigenvalue weighted by Crippen LogP contribution is -2.39. The molecule has 1 amide bonds. The summed E-state index contributed by atoms with van der Waals surface area (Å²) >= 11 is 6.37. The number of ether oxygens (including phenoxy) is 1. The van der Waals surface area contributed by atoms with Crippen LogP contribution in [0.15, 0.2) is 48.5 Å². The zero-order valence-electron chi connectivity index (χ0n) is 13.1. The highest BCUT2D eigenvalue weighted by atomic mass is 35.5. The molecular weight excluding hydrogens is 326 g/mol. The van der Waals surface area contributed by atoms with E-state index in [4.69, 9.17) is 16.3 Å². The number of methoxy groups -OCH3 is 1. The molecule has 24 heavy (non-hydrogen) atoms. The van der Waals surface area contributed by atoms with E-state index in [0.717, 1.165) is 16.9 Å². The van der Waals surface area contributed by atoms with Crippen LogP contribution in [0, 0.1) is 5.92 Å². The van der Waals surface area contributed by atoms with Gasteiger partial charge < -0.3 is 10.1 Å². The number of rotatable bonds is 3. The number of hydrazine groups is 1. The Hall–Kier alpha value is -2.08. The van der Waals surface area contributed by atoms with E-state index >= 15 is 0 Å². The standard InChI is InChI=1S/C18H18ClN3O2/c1-24-11-8-6-10(7-9-11)15-14-16(12-4-2-3-5-13(12)19)20-18(23)17(14)22-21-15/h2-9,14-17,21-22H,1H3,(H,20,23). The van der Waals surface area contributed by atoms with E-state index in [1.54, 1.807) is 7.11 Å². The molecule has 4 rings (SSSR count). The van der Waals surface area contributed by atoms with Crippen molar-refractivity contribution in [2.75, 3.05) is 7.11 Å². The zero-order chi connectivity index (χ0) is 16.7. The second-order valence-corrected chi connectivity index (χ2v) is 6.51. The van der Waals surface area contributed by atoms with Gasteiger partial charge in [0.15, 0.2) is 0 Å². The Bertz CT molecular complexity index is 765. The van der Waals surface area contributed by atoms with Crippen molar-refractivity contribution < 1.29 is 9.53 Å². The van der Waals surface area contributed by atoms with Crippen molar-refractivity contribution >= 4 is 17.5 Å². The maximum atomic E-state index is 12.4. The van der Waals surface area contributed by atoms with Crippen LogP contribution in [-0.2, 0) is 4.79 Å². The van der Waals surface area contributed by atoms with E-state index in [-0.39, 0.29) is 30.0 Å². The SMILES string of the molecule is COc1ccc(C2NNC3C(=O)NC(c4ccccc4Cl)C32)cc1. The van der Waals surface area contributed by atoms with Gasteiger partial charge in [-0.2, -0.15) is 0 Å². The number of halogens is 1. The third-order valence-electron chi connectivity index (χ3n) is 4.84. The van der Waals surface area contributed by atoms with Crippen LogP contribution in [0.5, 0.6) is 5.75 Å². The Kier molecular flexibility index (Phi) is 3.92. The van der Waals surface area contributed by atoms with Crippen molar-refractivity contribution in [3.63, 3.8) is 0 Å². The van der Waals surface area contributed by atoms with Gasteiger partial charge in [-0.3, -0.25) is 4.79 Å². The highest BCUT2D eigenvalue weighted by Crippen LogP contribution is 2.43. The Labute approximate surface area is 145 Å². The first-order valence-corrected chi connectivity index (χ1v) is 8.26. The van der Waals surface area contributed by atoms with Gasteiger partial charge in [-0.1, -0.05) is 41.9 Å². The Morgan fingerprint density at radius 3 is 2.38 bits per heavy atom. The number of fused-ring (bicyclic) bond motifs is 1. The quantitative estimate of drug-likeness (QED) is 0.800. The van der Waals surface area contributed by atoms with E-state index in [1.165, 1.54) is 0 Å². The molecule has 3 N–H and O–H groups in total. The average molecular weight is 344 g/mol. The van der Waals surface area contributed by atoms with Crippen LogP contribution in [-0.4, -0.2) is 19.1 Å². The van der Waals surface area contributed by atoms with Gasteiger partial charge in [0.1, 0.15) is 11.8 Å². The molecule has 6 heteroatoms. The average Bonchev–Trinajstić information content (AvgIpc) is 3.17. The molecule has 2 fully saturated rings. The van der Waals surface area contributed by atoms with Crippen LogP contribution in [0.2, 0.25) is 5.02 Å². The van der Waals surface area contributed by atoms with Crippen molar-refractivity contribution in [3.8, 4) is 5.75 Å². The lowest BCUT2D eigenvalue weighted by Gasteiger charge is -2.25. The molecule has 0 spiro atoms. The maximum absolute atomic E-state index is 12.4. The van der Waals surface area contributed by atoms with E-state index in [2.05, 4.69) is 16.2 Å². The van der Waals surface area contributed by atoms with E-state index < -0.39 is 0 Å². The monoisotopic (exact) mass is 343 g/mol. The number of carbonyl (C=O) groups is 1. The molecule has 5 nitrogen and oxygen atoms in total. The first-order chi connectivity index (χ1) is 11.7. The summed E-state index contributed by atoms with van der Waals surface area (Å²) in [4.78, 5) is 12.4. The molecule has 2 heterocycles. The smallest absolute Gasteiger partial charge is 0.239 e. The predicted molar refractivity (Wildman–Crippen MR) is 91.6 cm³/mol. The fraction of sp³-hybridized carbons (Fsp3) is 0.278. The molecule has 2 aliphatic heterocycles. The molecule has 0 saturated carbocycles. The van der Waals surface area contributed by atoms with Gasteiger partial charge in [0.2, 0.25) is 5.91 Å². The van der Waals surface area contributed by atoms with Crippen molar-refractivity contribution in [1.82, 2.24) is 16.2 Å². The van der Waals surface area contributed by atoms with Crippen LogP contribution in [0.1, 0.15) is 23.2 Å². The van der Waals surface area contributed by atoms with Gasteiger partial charge in [-0.15, -0.1) is 0 Å². The molecule has 0 aromatic heterocycles. The molecule has 0 bridgehead atoms. The summed E-state index contributed by atoms with van der Waals surface area (Å²) in [6.45, 7) is 0. The summed E-state index contributed by atoms with van der Waals surface area (Å²) < 4.78 is 5.22. The van der Waals surface area contributed by atoms with Crippen LogP contribution < -0.4 is 20.9 Å². The minimum absolute atomic E-state index is 0.00105. The van der Waals surface area contributed by atoms with E-state index in [9.17, 15) is 4.79 Å². The lowest BCUT2D eigenvalue weighted by atomic mass is 9.83. The van der Waals surface area contributed by atoms with Crippen molar-refractivity contribution in [2.24, 2.45) is 5.92 Å². The largest absolute Gasteiger partial charge is 0.497 e. The zero-order valence-corrected chi connectivity index (χ0v) is 13.9. The fourth-order valence-electron chi connectivity index (χ4n) is 3.66. The lowest BCUT2D eigenvalue weighted by molar-refractivity contribution is -0.121. The molecule has 2 aliphatic rings. The number of amides is 1. The van der Waals surface area contributed by atoms with Gasteiger partial charge in [-0.25, -0.2) is 10.9 Å². The van der Waals surface area contributed by atoms with Gasteiger partial charge in [0.05, 0.1) is 19.2 Å². The van der Waals surface area contributed by atoms with Crippen LogP contribution in [0.25, 0.3) is 0 Å². The van der Waals surface area contributed by atoms with Gasteiger partial charge in [-0.05, 0) is 29.3 Å². The molecule has 4 unspecified atom stereocenters. The van der Waals surface area contributed by atoms with Gasteiger partial charge in [0.25, 0.3) is 0 Å². The molecule has 124 valence electrons. The summed E-state index contributed by atoms with van der Waals surface area (Å²) in [5.74, 6) is 0.837. The van der Waals surface area contributed by atoms with E-state index in [0.29, 0.717) is 5.02 Å². The maximum Gasteiger partial charge on any atom is 0.239 e. The number of carbonyl (C=O) groups excluding carboxylic acids is 1.